The summed E-state index contributed by atoms with van der Waals surface area (Å²) >= 11 is 19.1. The largest absolute Gasteiger partial charge is 0.493 e. The van der Waals surface area contributed by atoms with Gasteiger partial charge in [-0.2, -0.15) is 5.26 Å². The number of nitrogens with one attached hydrogen (secondary N) is 1. The first-order valence-corrected chi connectivity index (χ1v) is 17.2. The molecule has 0 radical (unpaired) electrons. The molecule has 0 aliphatic carbocycles. The van der Waals surface area contributed by atoms with Gasteiger partial charge in [0.1, 0.15) is 18.0 Å². The minimum Gasteiger partial charge on any atom is -0.493 e. The fraction of sp³-hybridized carbons (Fsp3) is 0.400. The zero-order valence-corrected chi connectivity index (χ0v) is 28.8. The lowest BCUT2D eigenvalue weighted by Gasteiger charge is -2.40. The number of piperazine rings is 1. The molecule has 1 N–H and O–H groups in total. The van der Waals surface area contributed by atoms with E-state index in [0.29, 0.717) is 87.0 Å². The van der Waals surface area contributed by atoms with Crippen molar-refractivity contribution < 1.29 is 19.1 Å². The molecule has 13 heteroatoms. The van der Waals surface area contributed by atoms with E-state index in [0.717, 1.165) is 11.1 Å². The summed E-state index contributed by atoms with van der Waals surface area (Å²) in [4.78, 5) is 35.4. The van der Waals surface area contributed by atoms with Gasteiger partial charge in [0, 0.05) is 60.9 Å². The Balaban J connectivity index is 1.36. The highest BCUT2D eigenvalue weighted by Crippen LogP contribution is 2.49. The van der Waals surface area contributed by atoms with E-state index < -0.39 is 12.2 Å². The third kappa shape index (κ3) is 7.37. The Hall–Kier alpha value is -3.56. The topological polar surface area (TPSA) is 101 Å². The van der Waals surface area contributed by atoms with Crippen LogP contribution in [0.1, 0.15) is 47.4 Å². The van der Waals surface area contributed by atoms with Crippen molar-refractivity contribution in [2.24, 2.45) is 0 Å². The predicted molar refractivity (Wildman–Crippen MR) is 184 cm³/mol. The van der Waals surface area contributed by atoms with Gasteiger partial charge in [-0.15, -0.1) is 0 Å². The molecule has 3 aliphatic heterocycles. The van der Waals surface area contributed by atoms with Gasteiger partial charge < -0.3 is 19.3 Å². The second kappa shape index (κ2) is 15.3. The first-order valence-electron chi connectivity index (χ1n) is 16.1. The van der Waals surface area contributed by atoms with Crippen LogP contribution >= 0.6 is 34.8 Å². The summed E-state index contributed by atoms with van der Waals surface area (Å²) in [5, 5.41) is 15.1. The van der Waals surface area contributed by atoms with Gasteiger partial charge in [0.15, 0.2) is 0 Å². The van der Waals surface area contributed by atoms with E-state index in [-0.39, 0.29) is 28.6 Å². The summed E-state index contributed by atoms with van der Waals surface area (Å²) in [5.41, 5.74) is 2.71. The van der Waals surface area contributed by atoms with Crippen molar-refractivity contribution in [3.63, 3.8) is 0 Å². The Bertz CT molecular complexity index is 1650. The van der Waals surface area contributed by atoms with E-state index in [4.69, 9.17) is 44.3 Å². The van der Waals surface area contributed by atoms with E-state index in [1.807, 2.05) is 70.2 Å². The van der Waals surface area contributed by atoms with Crippen molar-refractivity contribution >= 4 is 46.7 Å². The van der Waals surface area contributed by atoms with Gasteiger partial charge in [-0.1, -0.05) is 59.1 Å². The highest BCUT2D eigenvalue weighted by atomic mass is 35.5. The number of ether oxygens (including phenoxy) is 2. The Morgan fingerprint density at radius 3 is 2.12 bits per heavy atom. The molecule has 3 fully saturated rings. The summed E-state index contributed by atoms with van der Waals surface area (Å²) in [5.74, 6) is 0.560. The predicted octanol–water partition coefficient (Wildman–Crippen LogP) is 5.90. The maximum absolute atomic E-state index is 14.9. The monoisotopic (exact) mass is 710 g/mol. The summed E-state index contributed by atoms with van der Waals surface area (Å²) in [6.07, 6.45) is -0.689. The standard InChI is InChI=1S/C35H37Cl3N6O4/c1-2-48-30-20-29(38)25(21-39)19-28(30)34-40-32(23-3-7-26(36)8-4-23)33(24-5-9-27(37)10-6-24)44(34)35(46)43-13-11-41(12-14-43)22-31(45)42-15-17-47-18-16-42/h3-10,19-20,32-34,40H,2,11-18,22H2,1H3/t32-,33+,34?/m0/s1. The molecule has 3 aromatic rings. The maximum atomic E-state index is 14.9. The van der Waals surface area contributed by atoms with Crippen molar-refractivity contribution in [2.75, 3.05) is 65.6 Å². The molecular weight excluding hydrogens is 675 g/mol. The number of rotatable bonds is 7. The Labute approximate surface area is 295 Å². The number of benzene rings is 3. The highest BCUT2D eigenvalue weighted by Gasteiger charge is 2.48. The van der Waals surface area contributed by atoms with Crippen molar-refractivity contribution in [2.45, 2.75) is 25.2 Å². The summed E-state index contributed by atoms with van der Waals surface area (Å²) < 4.78 is 11.4. The van der Waals surface area contributed by atoms with Crippen LogP contribution in [-0.2, 0) is 9.53 Å². The van der Waals surface area contributed by atoms with E-state index in [1.165, 1.54) is 0 Å². The Morgan fingerprint density at radius 1 is 0.896 bits per heavy atom. The van der Waals surface area contributed by atoms with Crippen LogP contribution in [0.3, 0.4) is 0 Å². The molecule has 3 atom stereocenters. The number of hydrogen-bond acceptors (Lipinski definition) is 7. The van der Waals surface area contributed by atoms with Crippen LogP contribution in [0.2, 0.25) is 15.1 Å². The van der Waals surface area contributed by atoms with Gasteiger partial charge in [-0.05, 0) is 48.4 Å². The van der Waals surface area contributed by atoms with Gasteiger partial charge in [0.25, 0.3) is 0 Å². The molecule has 0 saturated carbocycles. The van der Waals surface area contributed by atoms with E-state index in [9.17, 15) is 14.9 Å². The SMILES string of the molecule is CCOc1cc(Cl)c(C#N)cc1C1N[C@@H](c2ccc(Cl)cc2)[C@@H](c2ccc(Cl)cc2)N1C(=O)N1CCN(CC(=O)N2CCOCC2)CC1. The molecule has 0 spiro atoms. The maximum Gasteiger partial charge on any atom is 0.322 e. The zero-order chi connectivity index (χ0) is 33.8. The molecule has 3 amide bonds. The minimum absolute atomic E-state index is 0.0787. The van der Waals surface area contributed by atoms with Crippen molar-refractivity contribution in [3.8, 4) is 11.8 Å². The van der Waals surface area contributed by atoms with Crippen LogP contribution in [-0.4, -0.2) is 97.2 Å². The van der Waals surface area contributed by atoms with E-state index >= 15 is 0 Å². The molecule has 3 aromatic carbocycles. The van der Waals surface area contributed by atoms with Crippen molar-refractivity contribution in [1.29, 1.82) is 5.26 Å². The zero-order valence-electron chi connectivity index (χ0n) is 26.6. The molecule has 48 heavy (non-hydrogen) atoms. The quantitative estimate of drug-likeness (QED) is 0.326. The lowest BCUT2D eigenvalue weighted by Crippen LogP contribution is -2.55. The summed E-state index contributed by atoms with van der Waals surface area (Å²) in [7, 11) is 0. The van der Waals surface area contributed by atoms with Gasteiger partial charge >= 0.3 is 6.03 Å². The highest BCUT2D eigenvalue weighted by molar-refractivity contribution is 6.32. The first kappa shape index (κ1) is 34.3. The number of halogens is 3. The normalized spacial score (nSPS) is 21.6. The minimum atomic E-state index is -0.689. The number of amides is 3. The van der Waals surface area contributed by atoms with Crippen LogP contribution in [0, 0.1) is 11.3 Å². The average molecular weight is 712 g/mol. The lowest BCUT2D eigenvalue weighted by molar-refractivity contribution is -0.136. The third-order valence-corrected chi connectivity index (χ3v) is 9.89. The molecule has 6 rings (SSSR count). The van der Waals surface area contributed by atoms with E-state index in [2.05, 4.69) is 16.3 Å². The summed E-state index contributed by atoms with van der Waals surface area (Å²) in [6, 6.07) is 19.6. The van der Waals surface area contributed by atoms with Crippen LogP contribution in [0.5, 0.6) is 5.75 Å². The molecular formula is C35H37Cl3N6O4. The molecule has 0 bridgehead atoms. The summed E-state index contributed by atoms with van der Waals surface area (Å²) in [6.45, 7) is 6.86. The first-order chi connectivity index (χ1) is 23.3. The number of urea groups is 1. The third-order valence-electron chi connectivity index (χ3n) is 9.07. The second-order valence-electron chi connectivity index (χ2n) is 12.0. The van der Waals surface area contributed by atoms with Gasteiger partial charge in [0.2, 0.25) is 5.91 Å². The number of hydrogen-bond donors (Lipinski definition) is 1. The molecule has 252 valence electrons. The number of morpholine rings is 1. The molecule has 3 aliphatic rings. The molecule has 3 heterocycles. The fourth-order valence-electron chi connectivity index (χ4n) is 6.61. The van der Waals surface area contributed by atoms with Crippen LogP contribution < -0.4 is 10.1 Å². The smallest absolute Gasteiger partial charge is 0.322 e. The number of nitrogens with zero attached hydrogens (tertiary/aromatic N) is 5. The molecule has 3 saturated heterocycles. The van der Waals surface area contributed by atoms with Crippen molar-refractivity contribution in [3.05, 3.63) is 98.0 Å². The Morgan fingerprint density at radius 2 is 1.52 bits per heavy atom. The molecule has 10 nitrogen and oxygen atoms in total. The number of carbonyl (C=O) groups is 2. The number of nitriles is 1. The lowest BCUT2D eigenvalue weighted by atomic mass is 9.94. The second-order valence-corrected chi connectivity index (χ2v) is 13.2. The van der Waals surface area contributed by atoms with Crippen LogP contribution in [0.15, 0.2) is 60.7 Å². The van der Waals surface area contributed by atoms with Crippen LogP contribution in [0.25, 0.3) is 0 Å². The number of carbonyl (C=O) groups excluding carboxylic acids is 2. The molecule has 0 aromatic heterocycles. The van der Waals surface area contributed by atoms with Gasteiger partial charge in [-0.3, -0.25) is 19.9 Å². The van der Waals surface area contributed by atoms with E-state index in [1.54, 1.807) is 12.1 Å². The van der Waals surface area contributed by atoms with Crippen molar-refractivity contribution in [1.82, 2.24) is 24.9 Å². The van der Waals surface area contributed by atoms with Gasteiger partial charge in [-0.25, -0.2) is 4.79 Å². The van der Waals surface area contributed by atoms with Gasteiger partial charge in [0.05, 0.1) is 49.0 Å². The molecule has 1 unspecified atom stereocenters. The Kier molecular flexibility index (Phi) is 11.0. The fourth-order valence-corrected chi connectivity index (χ4v) is 7.06. The van der Waals surface area contributed by atoms with Crippen LogP contribution in [0.4, 0.5) is 4.79 Å². The average Bonchev–Trinajstić information content (AvgIpc) is 3.50.